The molecule has 0 unspecified atom stereocenters. The highest BCUT2D eigenvalue weighted by molar-refractivity contribution is 5.94. The maximum absolute atomic E-state index is 13.0. The van der Waals surface area contributed by atoms with Crippen LogP contribution < -0.4 is 5.73 Å². The Morgan fingerprint density at radius 1 is 1.15 bits per heavy atom. The van der Waals surface area contributed by atoms with Crippen LogP contribution in [0.25, 0.3) is 0 Å². The number of rotatable bonds is 4. The number of carbonyl (C=O) groups excluding carboxylic acids is 1. The maximum Gasteiger partial charge on any atom is 0.406 e. The second-order valence-corrected chi connectivity index (χ2v) is 3.88. The van der Waals surface area contributed by atoms with Crippen LogP contribution in [0.3, 0.4) is 0 Å². The Balaban J connectivity index is 3.06. The molecule has 0 radical (unpaired) electrons. The van der Waals surface area contributed by atoms with Crippen molar-refractivity contribution < 1.29 is 31.1 Å². The summed E-state index contributed by atoms with van der Waals surface area (Å²) in [6.07, 6.45) is -4.69. The molecule has 2 N–H and O–H groups in total. The summed E-state index contributed by atoms with van der Waals surface area (Å²) in [5.41, 5.74) is 4.36. The molecule has 9 heteroatoms. The molecule has 0 aromatic heterocycles. The van der Waals surface area contributed by atoms with E-state index in [0.717, 1.165) is 0 Å². The van der Waals surface area contributed by atoms with Gasteiger partial charge in [0.15, 0.2) is 17.5 Å². The molecule has 20 heavy (non-hydrogen) atoms. The van der Waals surface area contributed by atoms with Crippen LogP contribution in [0.4, 0.5) is 26.3 Å². The van der Waals surface area contributed by atoms with Gasteiger partial charge in [-0.2, -0.15) is 13.2 Å². The molecule has 3 nitrogen and oxygen atoms in total. The number of hydrogen-bond donors (Lipinski definition) is 1. The first-order valence-electron chi connectivity index (χ1n) is 5.36. The van der Waals surface area contributed by atoms with Crippen LogP contribution in [0.1, 0.15) is 10.4 Å². The fourth-order valence-electron chi connectivity index (χ4n) is 1.49. The van der Waals surface area contributed by atoms with Crippen molar-refractivity contribution in [1.82, 2.24) is 4.90 Å². The van der Waals surface area contributed by atoms with Crippen molar-refractivity contribution in [3.8, 4) is 0 Å². The molecule has 1 amide bonds. The lowest BCUT2D eigenvalue weighted by molar-refractivity contribution is -0.140. The fourth-order valence-corrected chi connectivity index (χ4v) is 1.49. The highest BCUT2D eigenvalue weighted by atomic mass is 19.4. The van der Waals surface area contributed by atoms with E-state index in [4.69, 9.17) is 5.73 Å². The van der Waals surface area contributed by atoms with Gasteiger partial charge in [0.1, 0.15) is 6.54 Å². The topological polar surface area (TPSA) is 46.3 Å². The third-order valence-electron chi connectivity index (χ3n) is 2.29. The molecule has 0 aliphatic rings. The van der Waals surface area contributed by atoms with Crippen molar-refractivity contribution in [3.63, 3.8) is 0 Å². The van der Waals surface area contributed by atoms with Gasteiger partial charge >= 0.3 is 6.18 Å². The summed E-state index contributed by atoms with van der Waals surface area (Å²) in [5, 5.41) is 0. The first kappa shape index (κ1) is 16.3. The Morgan fingerprint density at radius 2 is 1.65 bits per heavy atom. The van der Waals surface area contributed by atoms with Crippen molar-refractivity contribution >= 4 is 5.91 Å². The SMILES string of the molecule is NCCN(CC(F)(F)F)C(=O)c1cc(F)c(F)c(F)c1. The standard InChI is InChI=1S/C11H10F6N2O/c12-7-3-6(4-8(13)9(7)14)10(20)19(2-1-18)5-11(15,16)17/h3-4H,1-2,5,18H2. The van der Waals surface area contributed by atoms with Gasteiger partial charge in [-0.05, 0) is 12.1 Å². The summed E-state index contributed by atoms with van der Waals surface area (Å²) in [6, 6.07) is 0.668. The molecule has 112 valence electrons. The van der Waals surface area contributed by atoms with Crippen LogP contribution in [-0.4, -0.2) is 36.6 Å². The first-order chi connectivity index (χ1) is 9.15. The second kappa shape index (κ2) is 6.12. The average Bonchev–Trinajstić information content (AvgIpc) is 2.32. The van der Waals surface area contributed by atoms with Crippen LogP contribution >= 0.6 is 0 Å². The van der Waals surface area contributed by atoms with E-state index in [1.807, 2.05) is 0 Å². The lowest BCUT2D eigenvalue weighted by atomic mass is 10.1. The summed E-state index contributed by atoms with van der Waals surface area (Å²) >= 11 is 0. The number of halogens is 6. The van der Waals surface area contributed by atoms with Gasteiger partial charge in [0.2, 0.25) is 0 Å². The van der Waals surface area contributed by atoms with E-state index < -0.39 is 48.2 Å². The number of benzene rings is 1. The predicted molar refractivity (Wildman–Crippen MR) is 57.3 cm³/mol. The Bertz CT molecular complexity index is 479. The number of hydrogen-bond acceptors (Lipinski definition) is 2. The van der Waals surface area contributed by atoms with Crippen LogP contribution in [0, 0.1) is 17.5 Å². The van der Waals surface area contributed by atoms with Gasteiger partial charge in [-0.3, -0.25) is 4.79 Å². The molecular formula is C11H10F6N2O. The molecule has 1 aromatic carbocycles. The van der Waals surface area contributed by atoms with E-state index in [1.165, 1.54) is 0 Å². The van der Waals surface area contributed by atoms with E-state index in [9.17, 15) is 31.1 Å². The quantitative estimate of drug-likeness (QED) is 0.683. The number of carbonyl (C=O) groups is 1. The third kappa shape index (κ3) is 4.12. The van der Waals surface area contributed by atoms with Crippen LogP contribution in [0.5, 0.6) is 0 Å². The lowest BCUT2D eigenvalue weighted by Gasteiger charge is -2.23. The minimum atomic E-state index is -4.69. The highest BCUT2D eigenvalue weighted by Crippen LogP contribution is 2.19. The zero-order valence-corrected chi connectivity index (χ0v) is 9.98. The van der Waals surface area contributed by atoms with Gasteiger partial charge in [0, 0.05) is 18.7 Å². The molecule has 0 atom stereocenters. The molecular weight excluding hydrogens is 290 g/mol. The summed E-state index contributed by atoms with van der Waals surface area (Å²) in [6.45, 7) is -2.35. The van der Waals surface area contributed by atoms with Gasteiger partial charge in [-0.1, -0.05) is 0 Å². The van der Waals surface area contributed by atoms with E-state index >= 15 is 0 Å². The van der Waals surface area contributed by atoms with Gasteiger partial charge in [-0.25, -0.2) is 13.2 Å². The molecule has 1 aromatic rings. The summed E-state index contributed by atoms with van der Waals surface area (Å²) in [7, 11) is 0. The zero-order valence-electron chi connectivity index (χ0n) is 9.98. The minimum absolute atomic E-state index is 0.270. The Morgan fingerprint density at radius 3 is 2.05 bits per heavy atom. The monoisotopic (exact) mass is 300 g/mol. The summed E-state index contributed by atoms with van der Waals surface area (Å²) in [5.74, 6) is -6.41. The molecule has 0 bridgehead atoms. The Labute approximate surface area is 110 Å². The van der Waals surface area contributed by atoms with Crippen LogP contribution in [0.2, 0.25) is 0 Å². The number of alkyl halides is 3. The van der Waals surface area contributed by atoms with Crippen LogP contribution in [0.15, 0.2) is 12.1 Å². The van der Waals surface area contributed by atoms with E-state index in [0.29, 0.717) is 12.1 Å². The van der Waals surface area contributed by atoms with Gasteiger partial charge in [-0.15, -0.1) is 0 Å². The van der Waals surface area contributed by atoms with Crippen molar-refractivity contribution in [1.29, 1.82) is 0 Å². The van der Waals surface area contributed by atoms with Gasteiger partial charge < -0.3 is 10.6 Å². The molecule has 0 aliphatic heterocycles. The van der Waals surface area contributed by atoms with Crippen molar-refractivity contribution in [2.75, 3.05) is 19.6 Å². The lowest BCUT2D eigenvalue weighted by Crippen LogP contribution is -2.41. The van der Waals surface area contributed by atoms with Crippen molar-refractivity contribution in [3.05, 3.63) is 35.1 Å². The van der Waals surface area contributed by atoms with Crippen molar-refractivity contribution in [2.24, 2.45) is 5.73 Å². The fraction of sp³-hybridized carbons (Fsp3) is 0.364. The number of nitrogens with two attached hydrogens (primary N) is 1. The predicted octanol–water partition coefficient (Wildman–Crippen LogP) is 2.07. The minimum Gasteiger partial charge on any atom is -0.329 e. The summed E-state index contributed by atoms with van der Waals surface area (Å²) in [4.78, 5) is 12.0. The number of nitrogens with zero attached hydrogens (tertiary/aromatic N) is 1. The first-order valence-corrected chi connectivity index (χ1v) is 5.36. The molecule has 0 saturated carbocycles. The molecule has 0 saturated heterocycles. The highest BCUT2D eigenvalue weighted by Gasteiger charge is 2.33. The van der Waals surface area contributed by atoms with E-state index in [-0.39, 0.29) is 11.4 Å². The second-order valence-electron chi connectivity index (χ2n) is 3.88. The Kier molecular flexibility index (Phi) is 4.98. The number of amides is 1. The van der Waals surface area contributed by atoms with Crippen molar-refractivity contribution in [2.45, 2.75) is 6.18 Å². The molecule has 1 rings (SSSR count). The van der Waals surface area contributed by atoms with Gasteiger partial charge in [0.05, 0.1) is 0 Å². The van der Waals surface area contributed by atoms with E-state index in [2.05, 4.69) is 0 Å². The maximum atomic E-state index is 13.0. The Hall–Kier alpha value is -1.77. The van der Waals surface area contributed by atoms with Gasteiger partial charge in [0.25, 0.3) is 5.91 Å². The van der Waals surface area contributed by atoms with E-state index in [1.54, 1.807) is 0 Å². The molecule has 0 spiro atoms. The average molecular weight is 300 g/mol. The smallest absolute Gasteiger partial charge is 0.329 e. The largest absolute Gasteiger partial charge is 0.406 e. The molecule has 0 aliphatic carbocycles. The summed E-state index contributed by atoms with van der Waals surface area (Å²) < 4.78 is 75.5. The zero-order chi connectivity index (χ0) is 15.5. The third-order valence-corrected chi connectivity index (χ3v) is 2.29. The van der Waals surface area contributed by atoms with Crippen LogP contribution in [-0.2, 0) is 0 Å². The molecule has 0 fully saturated rings. The normalized spacial score (nSPS) is 11.6. The molecule has 0 heterocycles.